The summed E-state index contributed by atoms with van der Waals surface area (Å²) in [5.74, 6) is -0.345. The quantitative estimate of drug-likeness (QED) is 0.848. The van der Waals surface area contributed by atoms with E-state index in [0.29, 0.717) is 6.42 Å². The Labute approximate surface area is 85.3 Å². The highest BCUT2D eigenvalue weighted by Gasteiger charge is 2.31. The Balaban J connectivity index is 2.97. The standard InChI is InChI=1S/C10H11F3O2/c1-2-7-3-4-9(8(5-7)6-14)15-10(11,12)13/h3-5,14H,2,6H2,1H3. The SMILES string of the molecule is CCc1ccc(OC(F)(F)F)c(CO)c1. The third kappa shape index (κ3) is 3.43. The van der Waals surface area contributed by atoms with Crippen molar-refractivity contribution in [3.8, 4) is 5.75 Å². The van der Waals surface area contributed by atoms with Gasteiger partial charge in [-0.3, -0.25) is 0 Å². The Morgan fingerprint density at radius 1 is 1.33 bits per heavy atom. The van der Waals surface area contributed by atoms with E-state index in [-0.39, 0.29) is 11.3 Å². The maximum Gasteiger partial charge on any atom is 0.573 e. The monoisotopic (exact) mass is 220 g/mol. The van der Waals surface area contributed by atoms with Gasteiger partial charge in [0.25, 0.3) is 0 Å². The van der Waals surface area contributed by atoms with E-state index >= 15 is 0 Å². The molecule has 84 valence electrons. The second kappa shape index (κ2) is 4.53. The molecule has 2 nitrogen and oxygen atoms in total. The first-order chi connectivity index (χ1) is 6.96. The Morgan fingerprint density at radius 2 is 2.00 bits per heavy atom. The van der Waals surface area contributed by atoms with Crippen LogP contribution >= 0.6 is 0 Å². The molecule has 0 aliphatic heterocycles. The number of aliphatic hydroxyl groups is 1. The van der Waals surface area contributed by atoms with Gasteiger partial charge in [-0.2, -0.15) is 0 Å². The van der Waals surface area contributed by atoms with Crippen molar-refractivity contribution in [2.24, 2.45) is 0 Å². The van der Waals surface area contributed by atoms with E-state index in [9.17, 15) is 13.2 Å². The molecule has 1 aromatic rings. The number of hydrogen-bond donors (Lipinski definition) is 1. The van der Waals surface area contributed by atoms with Gasteiger partial charge < -0.3 is 9.84 Å². The number of benzene rings is 1. The minimum atomic E-state index is -4.72. The first-order valence-electron chi connectivity index (χ1n) is 4.44. The molecule has 0 heterocycles. The number of alkyl halides is 3. The summed E-state index contributed by atoms with van der Waals surface area (Å²) in [5.41, 5.74) is 1.00. The van der Waals surface area contributed by atoms with Crippen LogP contribution in [0.2, 0.25) is 0 Å². The van der Waals surface area contributed by atoms with Crippen LogP contribution in [0.15, 0.2) is 18.2 Å². The zero-order valence-corrected chi connectivity index (χ0v) is 8.14. The lowest BCUT2D eigenvalue weighted by Gasteiger charge is -2.12. The van der Waals surface area contributed by atoms with Crippen molar-refractivity contribution in [2.45, 2.75) is 26.3 Å². The minimum Gasteiger partial charge on any atom is -0.405 e. The Hall–Kier alpha value is -1.23. The molecule has 0 saturated heterocycles. The van der Waals surface area contributed by atoms with E-state index in [4.69, 9.17) is 5.11 Å². The Morgan fingerprint density at radius 3 is 2.47 bits per heavy atom. The molecule has 1 rings (SSSR count). The molecule has 15 heavy (non-hydrogen) atoms. The number of hydrogen-bond acceptors (Lipinski definition) is 2. The average molecular weight is 220 g/mol. The molecular weight excluding hydrogens is 209 g/mol. The van der Waals surface area contributed by atoms with Crippen LogP contribution in [-0.2, 0) is 13.0 Å². The molecule has 0 spiro atoms. The molecule has 5 heteroatoms. The summed E-state index contributed by atoms with van der Waals surface area (Å²) in [5, 5.41) is 8.89. The fourth-order valence-electron chi connectivity index (χ4n) is 1.20. The van der Waals surface area contributed by atoms with Gasteiger partial charge in [-0.25, -0.2) is 0 Å². The topological polar surface area (TPSA) is 29.5 Å². The maximum absolute atomic E-state index is 11.9. The molecular formula is C10H11F3O2. The summed E-state index contributed by atoms with van der Waals surface area (Å²) in [7, 11) is 0. The lowest BCUT2D eigenvalue weighted by molar-refractivity contribution is -0.275. The smallest absolute Gasteiger partial charge is 0.405 e. The van der Waals surface area contributed by atoms with E-state index in [1.807, 2.05) is 6.92 Å². The maximum atomic E-state index is 11.9. The van der Waals surface area contributed by atoms with E-state index in [2.05, 4.69) is 4.74 Å². The van der Waals surface area contributed by atoms with E-state index in [0.717, 1.165) is 5.56 Å². The van der Waals surface area contributed by atoms with Crippen LogP contribution in [0.4, 0.5) is 13.2 Å². The first kappa shape index (κ1) is 11.8. The van der Waals surface area contributed by atoms with Gasteiger partial charge in [0.1, 0.15) is 5.75 Å². The molecule has 0 radical (unpaired) electrons. The summed E-state index contributed by atoms with van der Waals surface area (Å²) in [6.07, 6.45) is -4.03. The van der Waals surface area contributed by atoms with Crippen LogP contribution in [0.1, 0.15) is 18.1 Å². The highest BCUT2D eigenvalue weighted by molar-refractivity contribution is 5.37. The summed E-state index contributed by atoms with van der Waals surface area (Å²) in [6, 6.07) is 4.26. The first-order valence-corrected chi connectivity index (χ1v) is 4.44. The second-order valence-corrected chi connectivity index (χ2v) is 3.00. The number of aliphatic hydroxyl groups excluding tert-OH is 1. The van der Waals surface area contributed by atoms with Crippen molar-refractivity contribution in [1.29, 1.82) is 0 Å². The van der Waals surface area contributed by atoms with Crippen molar-refractivity contribution < 1.29 is 23.0 Å². The van der Waals surface area contributed by atoms with Crippen molar-refractivity contribution in [3.63, 3.8) is 0 Å². The second-order valence-electron chi connectivity index (χ2n) is 3.00. The number of halogens is 3. The molecule has 0 bridgehead atoms. The lowest BCUT2D eigenvalue weighted by Crippen LogP contribution is -2.18. The van der Waals surface area contributed by atoms with Gasteiger partial charge in [0.15, 0.2) is 0 Å². The van der Waals surface area contributed by atoms with Crippen LogP contribution in [-0.4, -0.2) is 11.5 Å². The van der Waals surface area contributed by atoms with Crippen LogP contribution in [0, 0.1) is 0 Å². The van der Waals surface area contributed by atoms with E-state index in [1.54, 1.807) is 6.07 Å². The summed E-state index contributed by atoms with van der Waals surface area (Å²) in [6.45, 7) is 1.40. The van der Waals surface area contributed by atoms with E-state index in [1.165, 1.54) is 12.1 Å². The highest BCUT2D eigenvalue weighted by atomic mass is 19.4. The Kier molecular flexibility index (Phi) is 3.57. The van der Waals surface area contributed by atoms with Gasteiger partial charge in [0.2, 0.25) is 0 Å². The molecule has 0 atom stereocenters. The van der Waals surface area contributed by atoms with Crippen LogP contribution in [0.5, 0.6) is 5.75 Å². The third-order valence-corrected chi connectivity index (χ3v) is 1.93. The van der Waals surface area contributed by atoms with E-state index < -0.39 is 13.0 Å². The molecule has 0 saturated carbocycles. The van der Waals surface area contributed by atoms with Crippen molar-refractivity contribution >= 4 is 0 Å². The molecule has 0 unspecified atom stereocenters. The van der Waals surface area contributed by atoms with Crippen molar-refractivity contribution in [1.82, 2.24) is 0 Å². The summed E-state index contributed by atoms with van der Waals surface area (Å²) >= 11 is 0. The van der Waals surface area contributed by atoms with Gasteiger partial charge in [0, 0.05) is 5.56 Å². The number of aryl methyl sites for hydroxylation is 1. The van der Waals surface area contributed by atoms with Gasteiger partial charge in [-0.1, -0.05) is 13.0 Å². The van der Waals surface area contributed by atoms with Crippen LogP contribution in [0.3, 0.4) is 0 Å². The molecule has 0 fully saturated rings. The van der Waals surface area contributed by atoms with Crippen LogP contribution in [0.25, 0.3) is 0 Å². The molecule has 1 N–H and O–H groups in total. The van der Waals surface area contributed by atoms with Gasteiger partial charge in [-0.15, -0.1) is 13.2 Å². The largest absolute Gasteiger partial charge is 0.573 e. The van der Waals surface area contributed by atoms with Gasteiger partial charge in [-0.05, 0) is 24.1 Å². The van der Waals surface area contributed by atoms with Crippen molar-refractivity contribution in [3.05, 3.63) is 29.3 Å². The Bertz CT molecular complexity index is 334. The fraction of sp³-hybridized carbons (Fsp3) is 0.400. The molecule has 0 amide bonds. The minimum absolute atomic E-state index is 0.145. The summed E-state index contributed by atoms with van der Waals surface area (Å²) in [4.78, 5) is 0. The fourth-order valence-corrected chi connectivity index (χ4v) is 1.20. The van der Waals surface area contributed by atoms with Crippen molar-refractivity contribution in [2.75, 3.05) is 0 Å². The highest BCUT2D eigenvalue weighted by Crippen LogP contribution is 2.27. The zero-order chi connectivity index (χ0) is 11.5. The molecule has 0 aliphatic rings. The number of ether oxygens (including phenoxy) is 1. The zero-order valence-electron chi connectivity index (χ0n) is 8.14. The molecule has 0 aromatic heterocycles. The lowest BCUT2D eigenvalue weighted by atomic mass is 10.1. The normalized spacial score (nSPS) is 11.5. The average Bonchev–Trinajstić information content (AvgIpc) is 2.16. The predicted octanol–water partition coefficient (Wildman–Crippen LogP) is 2.64. The number of rotatable bonds is 3. The van der Waals surface area contributed by atoms with Gasteiger partial charge >= 0.3 is 6.36 Å². The summed E-state index contributed by atoms with van der Waals surface area (Å²) < 4.78 is 39.6. The third-order valence-electron chi connectivity index (χ3n) is 1.93. The van der Waals surface area contributed by atoms with Crippen LogP contribution < -0.4 is 4.74 Å². The molecule has 1 aromatic carbocycles. The van der Waals surface area contributed by atoms with Gasteiger partial charge in [0.05, 0.1) is 6.61 Å². The predicted molar refractivity (Wildman–Crippen MR) is 48.4 cm³/mol. The molecule has 0 aliphatic carbocycles.